The van der Waals surface area contributed by atoms with Gasteiger partial charge in [-0.25, -0.2) is 0 Å². The normalized spacial score (nSPS) is 19.5. The molecule has 4 heteroatoms. The summed E-state index contributed by atoms with van der Waals surface area (Å²) >= 11 is 0. The van der Waals surface area contributed by atoms with Gasteiger partial charge in [0.2, 0.25) is 5.91 Å². The molecule has 1 aliphatic rings. The Balaban J connectivity index is 2.10. The molecule has 1 aromatic rings. The molecule has 1 aliphatic heterocycles. The van der Waals surface area contributed by atoms with Crippen LogP contribution in [-0.4, -0.2) is 37.0 Å². The van der Waals surface area contributed by atoms with E-state index in [0.29, 0.717) is 19.5 Å². The number of hydrogen-bond donors (Lipinski definition) is 2. The molecule has 1 unspecified atom stereocenters. The van der Waals surface area contributed by atoms with Crippen LogP contribution in [0.3, 0.4) is 0 Å². The molecule has 1 atom stereocenters. The summed E-state index contributed by atoms with van der Waals surface area (Å²) in [5, 5.41) is 2.88. The molecule has 0 spiro atoms. The van der Waals surface area contributed by atoms with Crippen LogP contribution in [-0.2, 0) is 4.79 Å². The van der Waals surface area contributed by atoms with Crippen molar-refractivity contribution in [3.63, 3.8) is 0 Å². The van der Waals surface area contributed by atoms with Gasteiger partial charge in [0.05, 0.1) is 0 Å². The minimum atomic E-state index is 0.135. The fraction of sp³-hybridized carbons (Fsp3) is 0.462. The standard InChI is InChI=1S/C13H19N3O/c14-10-12(11-4-2-1-3-5-11)16-8-6-13(17)15-7-9-16/h1-5,12H,6-10,14H2,(H,15,17). The Bertz CT molecular complexity index is 366. The fourth-order valence-electron chi connectivity index (χ4n) is 2.27. The van der Waals surface area contributed by atoms with Crippen molar-refractivity contribution in [2.24, 2.45) is 5.73 Å². The van der Waals surface area contributed by atoms with Crippen LogP contribution in [0.15, 0.2) is 30.3 Å². The highest BCUT2D eigenvalue weighted by molar-refractivity contribution is 5.76. The number of hydrogen-bond acceptors (Lipinski definition) is 3. The third-order valence-corrected chi connectivity index (χ3v) is 3.20. The highest BCUT2D eigenvalue weighted by atomic mass is 16.1. The lowest BCUT2D eigenvalue weighted by atomic mass is 10.1. The summed E-state index contributed by atoms with van der Waals surface area (Å²) in [4.78, 5) is 13.6. The van der Waals surface area contributed by atoms with E-state index in [2.05, 4.69) is 22.3 Å². The van der Waals surface area contributed by atoms with Crippen molar-refractivity contribution in [2.45, 2.75) is 12.5 Å². The molecule has 0 saturated carbocycles. The lowest BCUT2D eigenvalue weighted by Crippen LogP contribution is -2.36. The molecule has 3 N–H and O–H groups in total. The zero-order valence-electron chi connectivity index (χ0n) is 9.93. The molecule has 1 heterocycles. The SMILES string of the molecule is NCC(c1ccccc1)N1CCNC(=O)CC1. The maximum absolute atomic E-state index is 11.3. The van der Waals surface area contributed by atoms with E-state index in [4.69, 9.17) is 5.73 Å². The Hall–Kier alpha value is -1.39. The summed E-state index contributed by atoms with van der Waals surface area (Å²) in [6.45, 7) is 2.94. The first-order valence-electron chi connectivity index (χ1n) is 6.07. The van der Waals surface area contributed by atoms with Crippen molar-refractivity contribution < 1.29 is 4.79 Å². The molecule has 0 radical (unpaired) electrons. The van der Waals surface area contributed by atoms with E-state index in [-0.39, 0.29) is 11.9 Å². The Morgan fingerprint density at radius 3 is 2.76 bits per heavy atom. The second-order valence-corrected chi connectivity index (χ2v) is 4.30. The van der Waals surface area contributed by atoms with E-state index in [1.54, 1.807) is 0 Å². The van der Waals surface area contributed by atoms with E-state index < -0.39 is 0 Å². The lowest BCUT2D eigenvalue weighted by Gasteiger charge is -2.29. The third-order valence-electron chi connectivity index (χ3n) is 3.20. The van der Waals surface area contributed by atoms with E-state index in [0.717, 1.165) is 13.1 Å². The van der Waals surface area contributed by atoms with E-state index in [1.807, 2.05) is 18.2 Å². The number of benzene rings is 1. The van der Waals surface area contributed by atoms with Gasteiger partial charge in [-0.1, -0.05) is 30.3 Å². The topological polar surface area (TPSA) is 58.4 Å². The maximum Gasteiger partial charge on any atom is 0.221 e. The Labute approximate surface area is 102 Å². The Morgan fingerprint density at radius 1 is 1.29 bits per heavy atom. The van der Waals surface area contributed by atoms with Gasteiger partial charge in [0.1, 0.15) is 0 Å². The van der Waals surface area contributed by atoms with Gasteiger partial charge in [-0.2, -0.15) is 0 Å². The molecule has 0 aromatic heterocycles. The number of nitrogens with one attached hydrogen (secondary N) is 1. The van der Waals surface area contributed by atoms with E-state index in [1.165, 1.54) is 5.56 Å². The summed E-state index contributed by atoms with van der Waals surface area (Å²) in [7, 11) is 0. The quantitative estimate of drug-likeness (QED) is 0.799. The highest BCUT2D eigenvalue weighted by Gasteiger charge is 2.21. The van der Waals surface area contributed by atoms with Crippen LogP contribution in [0.4, 0.5) is 0 Å². The first-order chi connectivity index (χ1) is 8.31. The molecule has 17 heavy (non-hydrogen) atoms. The second-order valence-electron chi connectivity index (χ2n) is 4.30. The van der Waals surface area contributed by atoms with Crippen LogP contribution >= 0.6 is 0 Å². The summed E-state index contributed by atoms with van der Waals surface area (Å²) in [5.41, 5.74) is 7.10. The lowest BCUT2D eigenvalue weighted by molar-refractivity contribution is -0.120. The molecule has 0 aliphatic carbocycles. The summed E-state index contributed by atoms with van der Waals surface area (Å²) in [5.74, 6) is 0.135. The molecule has 92 valence electrons. The number of rotatable bonds is 3. The van der Waals surface area contributed by atoms with E-state index >= 15 is 0 Å². The highest BCUT2D eigenvalue weighted by Crippen LogP contribution is 2.19. The van der Waals surface area contributed by atoms with Crippen LogP contribution in [0.25, 0.3) is 0 Å². The second kappa shape index (κ2) is 5.80. The van der Waals surface area contributed by atoms with Crippen LogP contribution in [0.2, 0.25) is 0 Å². The van der Waals surface area contributed by atoms with Gasteiger partial charge in [0.25, 0.3) is 0 Å². The maximum atomic E-state index is 11.3. The van der Waals surface area contributed by atoms with Crippen molar-refractivity contribution in [3.8, 4) is 0 Å². The molecule has 1 aromatic carbocycles. The molecule has 4 nitrogen and oxygen atoms in total. The first-order valence-corrected chi connectivity index (χ1v) is 6.07. The molecule has 2 rings (SSSR count). The van der Waals surface area contributed by atoms with Gasteiger partial charge < -0.3 is 11.1 Å². The monoisotopic (exact) mass is 233 g/mol. The van der Waals surface area contributed by atoms with Crippen molar-refractivity contribution in [2.75, 3.05) is 26.2 Å². The summed E-state index contributed by atoms with van der Waals surface area (Å²) in [6, 6.07) is 10.5. The number of nitrogens with zero attached hydrogens (tertiary/aromatic N) is 1. The smallest absolute Gasteiger partial charge is 0.221 e. The predicted octanol–water partition coefficient (Wildman–Crippen LogP) is 0.508. The van der Waals surface area contributed by atoms with Crippen LogP contribution in [0, 0.1) is 0 Å². The molecule has 1 fully saturated rings. The average molecular weight is 233 g/mol. The molecular formula is C13H19N3O. The molecular weight excluding hydrogens is 214 g/mol. The van der Waals surface area contributed by atoms with Gasteiger partial charge >= 0.3 is 0 Å². The van der Waals surface area contributed by atoms with Crippen molar-refractivity contribution >= 4 is 5.91 Å². The molecule has 1 saturated heterocycles. The van der Waals surface area contributed by atoms with Crippen LogP contribution in [0.1, 0.15) is 18.0 Å². The van der Waals surface area contributed by atoms with Gasteiger partial charge in [-0.3, -0.25) is 9.69 Å². The minimum Gasteiger partial charge on any atom is -0.355 e. The number of nitrogens with two attached hydrogens (primary N) is 1. The van der Waals surface area contributed by atoms with Crippen molar-refractivity contribution in [1.29, 1.82) is 0 Å². The average Bonchev–Trinajstić information content (AvgIpc) is 2.57. The zero-order chi connectivity index (χ0) is 12.1. The van der Waals surface area contributed by atoms with Gasteiger partial charge in [0.15, 0.2) is 0 Å². The number of carbonyl (C=O) groups is 1. The number of carbonyl (C=O) groups excluding carboxylic acids is 1. The van der Waals surface area contributed by atoms with Gasteiger partial charge in [-0.15, -0.1) is 0 Å². The fourth-order valence-corrected chi connectivity index (χ4v) is 2.27. The summed E-state index contributed by atoms with van der Waals surface area (Å²) in [6.07, 6.45) is 0.559. The van der Waals surface area contributed by atoms with Gasteiger partial charge in [-0.05, 0) is 5.56 Å². The van der Waals surface area contributed by atoms with Crippen molar-refractivity contribution in [1.82, 2.24) is 10.2 Å². The number of amides is 1. The first kappa shape index (κ1) is 12.1. The van der Waals surface area contributed by atoms with E-state index in [9.17, 15) is 4.79 Å². The minimum absolute atomic E-state index is 0.135. The zero-order valence-corrected chi connectivity index (χ0v) is 9.93. The molecule has 0 bridgehead atoms. The third kappa shape index (κ3) is 3.05. The van der Waals surface area contributed by atoms with Crippen molar-refractivity contribution in [3.05, 3.63) is 35.9 Å². The Morgan fingerprint density at radius 2 is 2.06 bits per heavy atom. The Kier molecular flexibility index (Phi) is 4.12. The predicted molar refractivity (Wildman–Crippen MR) is 67.4 cm³/mol. The summed E-state index contributed by atoms with van der Waals surface area (Å²) < 4.78 is 0. The van der Waals surface area contributed by atoms with Gasteiger partial charge in [0, 0.05) is 38.6 Å². The van der Waals surface area contributed by atoms with Crippen LogP contribution in [0.5, 0.6) is 0 Å². The molecule has 1 amide bonds. The largest absolute Gasteiger partial charge is 0.355 e. The van der Waals surface area contributed by atoms with Crippen LogP contribution < -0.4 is 11.1 Å².